The van der Waals surface area contributed by atoms with Crippen LogP contribution in [-0.4, -0.2) is 18.1 Å². The maximum Gasteiger partial charge on any atom is 0.340 e. The Balaban J connectivity index is 2.56. The van der Waals surface area contributed by atoms with Crippen molar-refractivity contribution in [1.82, 2.24) is 4.98 Å². The summed E-state index contributed by atoms with van der Waals surface area (Å²) in [6.07, 6.45) is 1.33. The van der Waals surface area contributed by atoms with Gasteiger partial charge in [0, 0.05) is 11.8 Å². The maximum atomic E-state index is 14.2. The SMILES string of the molecule is COC(=O)c1ccnc(-c2ccc(Cl)c(Cl)c2)c1F. The van der Waals surface area contributed by atoms with Crippen LogP contribution < -0.4 is 0 Å². The molecule has 0 saturated heterocycles. The Hall–Kier alpha value is -1.65. The van der Waals surface area contributed by atoms with Gasteiger partial charge < -0.3 is 4.74 Å². The molecule has 98 valence electrons. The van der Waals surface area contributed by atoms with Crippen LogP contribution in [0.3, 0.4) is 0 Å². The van der Waals surface area contributed by atoms with Crippen LogP contribution in [-0.2, 0) is 4.74 Å². The molecule has 0 aliphatic heterocycles. The minimum absolute atomic E-state index is 0.0152. The van der Waals surface area contributed by atoms with Gasteiger partial charge in [0.15, 0.2) is 5.82 Å². The van der Waals surface area contributed by atoms with Gasteiger partial charge in [-0.3, -0.25) is 4.98 Å². The second-order valence-corrected chi connectivity index (χ2v) is 4.46. The van der Waals surface area contributed by atoms with E-state index in [0.717, 1.165) is 0 Å². The lowest BCUT2D eigenvalue weighted by Gasteiger charge is -2.07. The fourth-order valence-electron chi connectivity index (χ4n) is 1.56. The first-order chi connectivity index (χ1) is 9.04. The molecule has 0 aliphatic carbocycles. The summed E-state index contributed by atoms with van der Waals surface area (Å²) in [6, 6.07) is 5.84. The minimum Gasteiger partial charge on any atom is -0.465 e. The Labute approximate surface area is 118 Å². The molecule has 3 nitrogen and oxygen atoms in total. The third-order valence-electron chi connectivity index (χ3n) is 2.49. The Kier molecular flexibility index (Phi) is 4.02. The molecular weight excluding hydrogens is 292 g/mol. The number of methoxy groups -OCH3 is 1. The second-order valence-electron chi connectivity index (χ2n) is 3.64. The molecule has 0 atom stereocenters. The number of rotatable bonds is 2. The van der Waals surface area contributed by atoms with Gasteiger partial charge in [-0.05, 0) is 18.2 Å². The van der Waals surface area contributed by atoms with E-state index in [1.807, 2.05) is 0 Å². The highest BCUT2D eigenvalue weighted by atomic mass is 35.5. The zero-order valence-electron chi connectivity index (χ0n) is 9.78. The number of nitrogens with zero attached hydrogens (tertiary/aromatic N) is 1. The standard InChI is InChI=1S/C13H8Cl2FNO2/c1-19-13(18)8-4-5-17-12(11(8)16)7-2-3-9(14)10(15)6-7/h2-6H,1H3. The monoisotopic (exact) mass is 299 g/mol. The normalized spacial score (nSPS) is 10.3. The van der Waals surface area contributed by atoms with Gasteiger partial charge in [0.25, 0.3) is 0 Å². The number of ether oxygens (including phenoxy) is 1. The highest BCUT2D eigenvalue weighted by Crippen LogP contribution is 2.29. The average Bonchev–Trinajstić information content (AvgIpc) is 2.41. The summed E-state index contributed by atoms with van der Waals surface area (Å²) in [5, 5.41) is 0.638. The Morgan fingerprint density at radius 1 is 1.26 bits per heavy atom. The molecule has 0 spiro atoms. The van der Waals surface area contributed by atoms with Crippen molar-refractivity contribution in [3.05, 3.63) is 51.9 Å². The summed E-state index contributed by atoms with van der Waals surface area (Å²) in [5.41, 5.74) is 0.262. The van der Waals surface area contributed by atoms with Crippen LogP contribution in [0, 0.1) is 5.82 Å². The van der Waals surface area contributed by atoms with Crippen molar-refractivity contribution in [3.63, 3.8) is 0 Å². The molecule has 0 amide bonds. The van der Waals surface area contributed by atoms with E-state index < -0.39 is 11.8 Å². The number of carbonyl (C=O) groups is 1. The minimum atomic E-state index is -0.763. The molecule has 1 aromatic heterocycles. The van der Waals surface area contributed by atoms with Gasteiger partial charge in [-0.2, -0.15) is 0 Å². The smallest absolute Gasteiger partial charge is 0.340 e. The van der Waals surface area contributed by atoms with Gasteiger partial charge in [0.2, 0.25) is 0 Å². The Morgan fingerprint density at radius 2 is 2.00 bits per heavy atom. The molecule has 6 heteroatoms. The molecule has 0 aliphatic rings. The fraction of sp³-hybridized carbons (Fsp3) is 0.0769. The number of benzene rings is 1. The Morgan fingerprint density at radius 3 is 2.63 bits per heavy atom. The first-order valence-electron chi connectivity index (χ1n) is 5.23. The number of pyridine rings is 1. The van der Waals surface area contributed by atoms with Crippen molar-refractivity contribution in [2.75, 3.05) is 7.11 Å². The molecule has 1 heterocycles. The lowest BCUT2D eigenvalue weighted by Crippen LogP contribution is -2.06. The van der Waals surface area contributed by atoms with Crippen LogP contribution >= 0.6 is 23.2 Å². The topological polar surface area (TPSA) is 39.2 Å². The van der Waals surface area contributed by atoms with Crippen LogP contribution in [0.4, 0.5) is 4.39 Å². The Bertz CT molecular complexity index is 647. The maximum absolute atomic E-state index is 14.2. The van der Waals surface area contributed by atoms with Crippen LogP contribution in [0.15, 0.2) is 30.5 Å². The lowest BCUT2D eigenvalue weighted by atomic mass is 10.1. The molecule has 0 fully saturated rings. The third kappa shape index (κ3) is 2.69. The molecule has 19 heavy (non-hydrogen) atoms. The number of hydrogen-bond acceptors (Lipinski definition) is 3. The van der Waals surface area contributed by atoms with Crippen molar-refractivity contribution in [1.29, 1.82) is 0 Å². The molecule has 2 rings (SSSR count). The van der Waals surface area contributed by atoms with Crippen LogP contribution in [0.2, 0.25) is 10.0 Å². The summed E-state index contributed by atoms with van der Waals surface area (Å²) < 4.78 is 18.7. The molecule has 2 aromatic rings. The predicted molar refractivity (Wildman–Crippen MR) is 71.0 cm³/mol. The first kappa shape index (κ1) is 13.8. The van der Waals surface area contributed by atoms with Crippen molar-refractivity contribution >= 4 is 29.2 Å². The van der Waals surface area contributed by atoms with E-state index in [4.69, 9.17) is 23.2 Å². The van der Waals surface area contributed by atoms with E-state index in [1.165, 1.54) is 31.5 Å². The number of hydrogen-bond donors (Lipinski definition) is 0. The fourth-order valence-corrected chi connectivity index (χ4v) is 1.85. The van der Waals surface area contributed by atoms with Gasteiger partial charge in [-0.1, -0.05) is 29.3 Å². The van der Waals surface area contributed by atoms with Crippen LogP contribution in [0.1, 0.15) is 10.4 Å². The highest BCUT2D eigenvalue weighted by molar-refractivity contribution is 6.42. The predicted octanol–water partition coefficient (Wildman–Crippen LogP) is 3.98. The summed E-state index contributed by atoms with van der Waals surface area (Å²) in [4.78, 5) is 15.3. The summed E-state index contributed by atoms with van der Waals surface area (Å²) in [5.74, 6) is -1.52. The number of halogens is 3. The van der Waals surface area contributed by atoms with E-state index in [2.05, 4.69) is 9.72 Å². The summed E-state index contributed by atoms with van der Waals surface area (Å²) in [6.45, 7) is 0. The van der Waals surface area contributed by atoms with Gasteiger partial charge in [0.1, 0.15) is 5.69 Å². The van der Waals surface area contributed by atoms with Crippen molar-refractivity contribution in [3.8, 4) is 11.3 Å². The van der Waals surface area contributed by atoms with E-state index in [-0.39, 0.29) is 16.3 Å². The molecule has 0 N–H and O–H groups in total. The van der Waals surface area contributed by atoms with E-state index in [0.29, 0.717) is 10.6 Å². The van der Waals surface area contributed by atoms with E-state index in [9.17, 15) is 9.18 Å². The summed E-state index contributed by atoms with van der Waals surface area (Å²) >= 11 is 11.7. The molecule has 0 unspecified atom stereocenters. The molecular formula is C13H8Cl2FNO2. The van der Waals surface area contributed by atoms with Crippen LogP contribution in [0.25, 0.3) is 11.3 Å². The quantitative estimate of drug-likeness (QED) is 0.787. The van der Waals surface area contributed by atoms with Crippen molar-refractivity contribution in [2.24, 2.45) is 0 Å². The third-order valence-corrected chi connectivity index (χ3v) is 3.23. The molecule has 0 bridgehead atoms. The number of carbonyl (C=O) groups excluding carboxylic acids is 1. The first-order valence-corrected chi connectivity index (χ1v) is 5.98. The number of esters is 1. The van der Waals surface area contributed by atoms with Gasteiger partial charge in [-0.25, -0.2) is 9.18 Å². The zero-order chi connectivity index (χ0) is 14.0. The van der Waals surface area contributed by atoms with Gasteiger partial charge in [-0.15, -0.1) is 0 Å². The summed E-state index contributed by atoms with van der Waals surface area (Å²) in [7, 11) is 1.18. The number of aromatic nitrogens is 1. The zero-order valence-corrected chi connectivity index (χ0v) is 11.3. The van der Waals surface area contributed by atoms with Crippen LogP contribution in [0.5, 0.6) is 0 Å². The second kappa shape index (κ2) is 5.55. The van der Waals surface area contributed by atoms with Gasteiger partial charge >= 0.3 is 5.97 Å². The highest BCUT2D eigenvalue weighted by Gasteiger charge is 2.17. The van der Waals surface area contributed by atoms with Crippen molar-refractivity contribution in [2.45, 2.75) is 0 Å². The molecule has 0 radical (unpaired) electrons. The lowest BCUT2D eigenvalue weighted by molar-refractivity contribution is 0.0595. The average molecular weight is 300 g/mol. The van der Waals surface area contributed by atoms with Crippen molar-refractivity contribution < 1.29 is 13.9 Å². The molecule has 0 saturated carbocycles. The van der Waals surface area contributed by atoms with E-state index in [1.54, 1.807) is 6.07 Å². The van der Waals surface area contributed by atoms with Gasteiger partial charge in [0.05, 0.1) is 22.7 Å². The largest absolute Gasteiger partial charge is 0.465 e. The molecule has 1 aromatic carbocycles. The van der Waals surface area contributed by atoms with E-state index >= 15 is 0 Å².